The zero-order valence-corrected chi connectivity index (χ0v) is 17.0. The SMILES string of the molecule is C[C@@H](OC(=O)c1cccc(S(=O)(=O)N2CCc3ccccc3C2)c1)C(=O)NC(N)=O. The molecule has 10 heteroatoms. The molecule has 0 saturated heterocycles. The van der Waals surface area contributed by atoms with Gasteiger partial charge >= 0.3 is 12.0 Å². The molecule has 2 aromatic carbocycles. The second kappa shape index (κ2) is 8.64. The Morgan fingerprint density at radius 2 is 1.80 bits per heavy atom. The van der Waals surface area contributed by atoms with Crippen LogP contribution in [0, 0.1) is 0 Å². The number of ether oxygens (including phenoxy) is 1. The summed E-state index contributed by atoms with van der Waals surface area (Å²) in [6, 6.07) is 12.0. The predicted molar refractivity (Wildman–Crippen MR) is 107 cm³/mol. The summed E-state index contributed by atoms with van der Waals surface area (Å²) in [6.45, 7) is 1.85. The van der Waals surface area contributed by atoms with E-state index in [0.717, 1.165) is 11.1 Å². The highest BCUT2D eigenvalue weighted by atomic mass is 32.2. The Balaban J connectivity index is 1.77. The third-order valence-corrected chi connectivity index (χ3v) is 6.54. The number of imide groups is 1. The normalized spacial score (nSPS) is 15.0. The van der Waals surface area contributed by atoms with Crippen molar-refractivity contribution in [3.05, 3.63) is 65.2 Å². The first-order valence-electron chi connectivity index (χ1n) is 9.17. The number of benzene rings is 2. The average Bonchev–Trinajstić information content (AvgIpc) is 2.72. The molecule has 2 aromatic rings. The number of sulfonamides is 1. The molecule has 0 bridgehead atoms. The van der Waals surface area contributed by atoms with Crippen LogP contribution in [0.25, 0.3) is 0 Å². The fourth-order valence-electron chi connectivity index (χ4n) is 3.11. The largest absolute Gasteiger partial charge is 0.449 e. The van der Waals surface area contributed by atoms with Gasteiger partial charge in [0.25, 0.3) is 5.91 Å². The standard InChI is InChI=1S/C20H21N3O6S/c1-13(18(24)22-20(21)26)29-19(25)15-7-4-8-17(11-15)30(27,28)23-10-9-14-5-2-3-6-16(14)12-23/h2-8,11,13H,9-10,12H2,1H3,(H3,21,22,24,26)/t13-/m1/s1. The van der Waals surface area contributed by atoms with Crippen molar-refractivity contribution in [3.63, 3.8) is 0 Å². The first-order chi connectivity index (χ1) is 14.2. The van der Waals surface area contributed by atoms with Gasteiger partial charge < -0.3 is 10.5 Å². The van der Waals surface area contributed by atoms with E-state index in [0.29, 0.717) is 13.0 Å². The molecule has 0 aromatic heterocycles. The van der Waals surface area contributed by atoms with Crippen LogP contribution in [-0.4, -0.2) is 43.3 Å². The van der Waals surface area contributed by atoms with Gasteiger partial charge in [0.2, 0.25) is 10.0 Å². The highest BCUT2D eigenvalue weighted by Gasteiger charge is 2.29. The fraction of sp³-hybridized carbons (Fsp3) is 0.250. The fourth-order valence-corrected chi connectivity index (χ4v) is 4.58. The average molecular weight is 431 g/mol. The molecule has 1 atom stereocenters. The number of amides is 3. The first-order valence-corrected chi connectivity index (χ1v) is 10.6. The molecule has 0 spiro atoms. The van der Waals surface area contributed by atoms with E-state index >= 15 is 0 Å². The Bertz CT molecular complexity index is 1100. The van der Waals surface area contributed by atoms with E-state index in [9.17, 15) is 22.8 Å². The van der Waals surface area contributed by atoms with Gasteiger partial charge in [-0.3, -0.25) is 10.1 Å². The van der Waals surface area contributed by atoms with Crippen LogP contribution in [0.2, 0.25) is 0 Å². The number of primary amides is 1. The Labute approximate surface area is 173 Å². The molecule has 3 rings (SSSR count). The zero-order chi connectivity index (χ0) is 21.9. The molecule has 0 saturated carbocycles. The molecular formula is C20H21N3O6S. The Hall–Kier alpha value is -3.24. The van der Waals surface area contributed by atoms with Crippen molar-refractivity contribution in [2.45, 2.75) is 30.9 Å². The monoisotopic (exact) mass is 431 g/mol. The van der Waals surface area contributed by atoms with Crippen molar-refractivity contribution >= 4 is 27.9 Å². The molecule has 0 unspecified atom stereocenters. The van der Waals surface area contributed by atoms with Crippen LogP contribution in [0.5, 0.6) is 0 Å². The molecule has 0 fully saturated rings. The molecule has 3 amide bonds. The van der Waals surface area contributed by atoms with E-state index in [2.05, 4.69) is 0 Å². The molecule has 0 radical (unpaired) electrons. The van der Waals surface area contributed by atoms with Crippen LogP contribution in [0.1, 0.15) is 28.4 Å². The maximum atomic E-state index is 13.1. The van der Waals surface area contributed by atoms with Gasteiger partial charge in [0.15, 0.2) is 6.10 Å². The molecule has 3 N–H and O–H groups in total. The number of nitrogens with two attached hydrogens (primary N) is 1. The Morgan fingerprint density at radius 1 is 1.10 bits per heavy atom. The number of urea groups is 1. The maximum Gasteiger partial charge on any atom is 0.338 e. The van der Waals surface area contributed by atoms with Gasteiger partial charge in [-0.2, -0.15) is 4.31 Å². The van der Waals surface area contributed by atoms with Crippen LogP contribution in [0.4, 0.5) is 4.79 Å². The third-order valence-electron chi connectivity index (χ3n) is 4.70. The number of nitrogens with zero attached hydrogens (tertiary/aromatic N) is 1. The van der Waals surface area contributed by atoms with Gasteiger partial charge in [0.1, 0.15) is 0 Å². The van der Waals surface area contributed by atoms with Crippen LogP contribution >= 0.6 is 0 Å². The highest BCUT2D eigenvalue weighted by molar-refractivity contribution is 7.89. The smallest absolute Gasteiger partial charge is 0.338 e. The van der Waals surface area contributed by atoms with Crippen molar-refractivity contribution in [1.29, 1.82) is 0 Å². The van der Waals surface area contributed by atoms with Crippen molar-refractivity contribution in [1.82, 2.24) is 9.62 Å². The topological polar surface area (TPSA) is 136 Å². The quantitative estimate of drug-likeness (QED) is 0.682. The third kappa shape index (κ3) is 4.66. The van der Waals surface area contributed by atoms with Crippen molar-refractivity contribution in [2.24, 2.45) is 5.73 Å². The second-order valence-corrected chi connectivity index (χ2v) is 8.72. The van der Waals surface area contributed by atoms with E-state index in [1.54, 1.807) is 5.32 Å². The minimum absolute atomic E-state index is 0.0350. The summed E-state index contributed by atoms with van der Waals surface area (Å²) in [5.74, 6) is -1.78. The maximum absolute atomic E-state index is 13.1. The van der Waals surface area contributed by atoms with E-state index in [4.69, 9.17) is 10.5 Å². The van der Waals surface area contributed by atoms with Gasteiger partial charge in [-0.15, -0.1) is 0 Å². The number of rotatable bonds is 5. The molecule has 1 aliphatic rings. The second-order valence-electron chi connectivity index (χ2n) is 6.79. The predicted octanol–water partition coefficient (Wildman–Crippen LogP) is 1.17. The molecule has 30 heavy (non-hydrogen) atoms. The Kier molecular flexibility index (Phi) is 6.18. The number of nitrogens with one attached hydrogen (secondary N) is 1. The summed E-state index contributed by atoms with van der Waals surface area (Å²) in [5, 5.41) is 1.81. The van der Waals surface area contributed by atoms with Gasteiger partial charge in [-0.25, -0.2) is 18.0 Å². The number of esters is 1. The van der Waals surface area contributed by atoms with Crippen molar-refractivity contribution in [2.75, 3.05) is 6.54 Å². The number of hydrogen-bond acceptors (Lipinski definition) is 6. The first kappa shape index (κ1) is 21.5. The minimum atomic E-state index is -3.84. The number of carbonyl (C=O) groups excluding carboxylic acids is 3. The van der Waals surface area contributed by atoms with E-state index in [1.165, 1.54) is 35.5 Å². The summed E-state index contributed by atoms with van der Waals surface area (Å²) in [6.07, 6.45) is -0.687. The van der Waals surface area contributed by atoms with Crippen molar-refractivity contribution < 1.29 is 27.5 Å². The van der Waals surface area contributed by atoms with E-state index in [-0.39, 0.29) is 17.0 Å². The lowest BCUT2D eigenvalue weighted by Gasteiger charge is -2.28. The lowest BCUT2D eigenvalue weighted by atomic mass is 10.0. The minimum Gasteiger partial charge on any atom is -0.449 e. The van der Waals surface area contributed by atoms with E-state index in [1.807, 2.05) is 24.3 Å². The summed E-state index contributed by atoms with van der Waals surface area (Å²) in [7, 11) is -3.84. The molecule has 158 valence electrons. The van der Waals surface area contributed by atoms with Crippen LogP contribution in [-0.2, 0) is 32.5 Å². The summed E-state index contributed by atoms with van der Waals surface area (Å²) in [4.78, 5) is 34.7. The highest BCUT2D eigenvalue weighted by Crippen LogP contribution is 2.25. The molecule has 1 aliphatic heterocycles. The molecule has 0 aliphatic carbocycles. The molecular weight excluding hydrogens is 410 g/mol. The van der Waals surface area contributed by atoms with Gasteiger partial charge in [0.05, 0.1) is 10.5 Å². The van der Waals surface area contributed by atoms with Crippen LogP contribution < -0.4 is 11.1 Å². The molecule has 9 nitrogen and oxygen atoms in total. The molecule has 1 heterocycles. The van der Waals surface area contributed by atoms with E-state index < -0.39 is 34.0 Å². The van der Waals surface area contributed by atoms with Crippen molar-refractivity contribution in [3.8, 4) is 0 Å². The van der Waals surface area contributed by atoms with Gasteiger partial charge in [-0.05, 0) is 42.7 Å². The zero-order valence-electron chi connectivity index (χ0n) is 16.2. The number of fused-ring (bicyclic) bond motifs is 1. The lowest BCUT2D eigenvalue weighted by Crippen LogP contribution is -2.42. The Morgan fingerprint density at radius 3 is 2.50 bits per heavy atom. The van der Waals surface area contributed by atoms with Gasteiger partial charge in [-0.1, -0.05) is 30.3 Å². The van der Waals surface area contributed by atoms with Gasteiger partial charge in [0, 0.05) is 13.1 Å². The number of carbonyl (C=O) groups is 3. The lowest BCUT2D eigenvalue weighted by molar-refractivity contribution is -0.127. The summed E-state index contributed by atoms with van der Waals surface area (Å²) in [5.41, 5.74) is 6.88. The van der Waals surface area contributed by atoms with Crippen LogP contribution in [0.3, 0.4) is 0 Å². The summed E-state index contributed by atoms with van der Waals surface area (Å²) < 4.78 is 32.5. The summed E-state index contributed by atoms with van der Waals surface area (Å²) >= 11 is 0. The van der Waals surface area contributed by atoms with Crippen LogP contribution in [0.15, 0.2) is 53.4 Å². The number of hydrogen-bond donors (Lipinski definition) is 2.